The van der Waals surface area contributed by atoms with E-state index in [2.05, 4.69) is 15.5 Å². The molecule has 2 aromatic rings. The number of carbonyl (C=O) groups is 1. The van der Waals surface area contributed by atoms with Gasteiger partial charge in [0, 0.05) is 18.0 Å². The maximum absolute atomic E-state index is 12.0. The topological polar surface area (TPSA) is 91.7 Å². The lowest BCUT2D eigenvalue weighted by Gasteiger charge is -2.22. The van der Waals surface area contributed by atoms with Gasteiger partial charge in [-0.25, -0.2) is 13.8 Å². The summed E-state index contributed by atoms with van der Waals surface area (Å²) >= 11 is 6.02. The Morgan fingerprint density at radius 2 is 2.08 bits per heavy atom. The van der Waals surface area contributed by atoms with Crippen molar-refractivity contribution in [3.05, 3.63) is 59.4 Å². The molecule has 0 radical (unpaired) electrons. The standard InChI is InChI=1S/C15H15ClN4O3S/c1-24(22,23)20(14-7-3-2-6-13(14)16)11-15(21)19-18-10-12-5-4-8-17-9-12/h2-10H,11H2,1H3,(H,19,21)/b18-10-. The molecule has 1 N–H and O–H groups in total. The maximum atomic E-state index is 12.0. The average molecular weight is 367 g/mol. The fourth-order valence-electron chi connectivity index (χ4n) is 1.83. The number of carbonyl (C=O) groups excluding carboxylic acids is 1. The van der Waals surface area contributed by atoms with E-state index in [1.165, 1.54) is 12.3 Å². The van der Waals surface area contributed by atoms with Crippen LogP contribution in [0.3, 0.4) is 0 Å². The zero-order chi connectivity index (χ0) is 17.6. The number of hydrazone groups is 1. The van der Waals surface area contributed by atoms with Crippen LogP contribution in [0.5, 0.6) is 0 Å². The van der Waals surface area contributed by atoms with Crippen LogP contribution in [-0.2, 0) is 14.8 Å². The summed E-state index contributed by atoms with van der Waals surface area (Å²) in [4.78, 5) is 15.9. The van der Waals surface area contributed by atoms with Crippen LogP contribution in [0, 0.1) is 0 Å². The van der Waals surface area contributed by atoms with Gasteiger partial charge in [-0.05, 0) is 18.2 Å². The molecule has 24 heavy (non-hydrogen) atoms. The highest BCUT2D eigenvalue weighted by molar-refractivity contribution is 7.92. The van der Waals surface area contributed by atoms with Crippen molar-refractivity contribution in [2.24, 2.45) is 5.10 Å². The Labute approximate surface area is 145 Å². The highest BCUT2D eigenvalue weighted by Crippen LogP contribution is 2.26. The molecule has 0 aliphatic rings. The Morgan fingerprint density at radius 1 is 1.33 bits per heavy atom. The highest BCUT2D eigenvalue weighted by Gasteiger charge is 2.22. The first-order chi connectivity index (χ1) is 11.4. The zero-order valence-electron chi connectivity index (χ0n) is 12.8. The molecule has 0 bridgehead atoms. The van der Waals surface area contributed by atoms with Gasteiger partial charge in [-0.15, -0.1) is 0 Å². The Morgan fingerprint density at radius 3 is 2.71 bits per heavy atom. The normalized spacial score (nSPS) is 11.4. The van der Waals surface area contributed by atoms with E-state index in [9.17, 15) is 13.2 Å². The molecule has 1 aromatic carbocycles. The van der Waals surface area contributed by atoms with Gasteiger partial charge in [-0.3, -0.25) is 14.1 Å². The van der Waals surface area contributed by atoms with Gasteiger partial charge in [-0.2, -0.15) is 5.10 Å². The van der Waals surface area contributed by atoms with Gasteiger partial charge < -0.3 is 0 Å². The number of aromatic nitrogens is 1. The first-order valence-electron chi connectivity index (χ1n) is 6.82. The Hall–Kier alpha value is -2.45. The van der Waals surface area contributed by atoms with Crippen LogP contribution in [0.4, 0.5) is 5.69 Å². The third kappa shape index (κ3) is 5.04. The van der Waals surface area contributed by atoms with Crippen molar-refractivity contribution >= 4 is 39.4 Å². The SMILES string of the molecule is CS(=O)(=O)N(CC(=O)N/N=C\c1cccnc1)c1ccccc1Cl. The maximum Gasteiger partial charge on any atom is 0.260 e. The Balaban J connectivity index is 2.09. The molecular weight excluding hydrogens is 352 g/mol. The lowest BCUT2D eigenvalue weighted by Crippen LogP contribution is -2.39. The molecule has 1 aromatic heterocycles. The second kappa shape index (κ2) is 7.89. The Bertz CT molecular complexity index is 841. The molecule has 0 saturated heterocycles. The number of rotatable bonds is 6. The smallest absolute Gasteiger partial charge is 0.260 e. The van der Waals surface area contributed by atoms with Crippen molar-refractivity contribution in [2.45, 2.75) is 0 Å². The molecule has 1 heterocycles. The number of pyridine rings is 1. The molecule has 126 valence electrons. The van der Waals surface area contributed by atoms with E-state index in [1.54, 1.807) is 42.7 Å². The predicted octanol–water partition coefficient (Wildman–Crippen LogP) is 1.65. The molecule has 0 unspecified atom stereocenters. The minimum atomic E-state index is -3.69. The lowest BCUT2D eigenvalue weighted by atomic mass is 10.3. The van der Waals surface area contributed by atoms with Gasteiger partial charge in [0.05, 0.1) is 23.2 Å². The van der Waals surface area contributed by atoms with Gasteiger partial charge in [0.15, 0.2) is 0 Å². The van der Waals surface area contributed by atoms with Crippen molar-refractivity contribution in [2.75, 3.05) is 17.1 Å². The second-order valence-electron chi connectivity index (χ2n) is 4.80. The quantitative estimate of drug-likeness (QED) is 0.621. The summed E-state index contributed by atoms with van der Waals surface area (Å²) in [5, 5.41) is 4.00. The Kier molecular flexibility index (Phi) is 5.88. The fourth-order valence-corrected chi connectivity index (χ4v) is 2.99. The lowest BCUT2D eigenvalue weighted by molar-refractivity contribution is -0.119. The number of anilines is 1. The number of halogens is 1. The predicted molar refractivity (Wildman–Crippen MR) is 93.6 cm³/mol. The number of nitrogens with one attached hydrogen (secondary N) is 1. The number of amides is 1. The fraction of sp³-hybridized carbons (Fsp3) is 0.133. The van der Waals surface area contributed by atoms with Crippen LogP contribution < -0.4 is 9.73 Å². The molecule has 7 nitrogen and oxygen atoms in total. The molecule has 0 saturated carbocycles. The van der Waals surface area contributed by atoms with Crippen LogP contribution >= 0.6 is 11.6 Å². The van der Waals surface area contributed by atoms with Crippen molar-refractivity contribution in [3.8, 4) is 0 Å². The van der Waals surface area contributed by atoms with E-state index in [1.807, 2.05) is 0 Å². The number of benzene rings is 1. The highest BCUT2D eigenvalue weighted by atomic mass is 35.5. The molecule has 1 amide bonds. The second-order valence-corrected chi connectivity index (χ2v) is 7.11. The van der Waals surface area contributed by atoms with Crippen molar-refractivity contribution in [1.82, 2.24) is 10.4 Å². The van der Waals surface area contributed by atoms with Gasteiger partial charge in [0.25, 0.3) is 5.91 Å². The summed E-state index contributed by atoms with van der Waals surface area (Å²) in [6.07, 6.45) is 5.60. The van der Waals surface area contributed by atoms with Crippen LogP contribution in [0.15, 0.2) is 53.9 Å². The van der Waals surface area contributed by atoms with Crippen molar-refractivity contribution < 1.29 is 13.2 Å². The molecule has 2 rings (SSSR count). The molecule has 0 atom stereocenters. The molecule has 0 spiro atoms. The number of sulfonamides is 1. The van der Waals surface area contributed by atoms with Crippen LogP contribution in [0.2, 0.25) is 5.02 Å². The van der Waals surface area contributed by atoms with Gasteiger partial charge >= 0.3 is 0 Å². The monoisotopic (exact) mass is 366 g/mol. The molecule has 0 aliphatic heterocycles. The third-order valence-corrected chi connectivity index (χ3v) is 4.34. The minimum absolute atomic E-state index is 0.230. The number of hydrogen-bond donors (Lipinski definition) is 1. The van der Waals surface area contributed by atoms with E-state index in [4.69, 9.17) is 11.6 Å². The van der Waals surface area contributed by atoms with E-state index >= 15 is 0 Å². The van der Waals surface area contributed by atoms with E-state index in [0.29, 0.717) is 5.56 Å². The summed E-state index contributed by atoms with van der Waals surface area (Å²) in [5.74, 6) is -0.597. The minimum Gasteiger partial charge on any atom is -0.271 e. The summed E-state index contributed by atoms with van der Waals surface area (Å²) in [5.41, 5.74) is 3.20. The van der Waals surface area contributed by atoms with E-state index in [-0.39, 0.29) is 10.7 Å². The zero-order valence-corrected chi connectivity index (χ0v) is 14.3. The molecule has 0 fully saturated rings. The first-order valence-corrected chi connectivity index (χ1v) is 9.05. The van der Waals surface area contributed by atoms with Gasteiger partial charge in [0.1, 0.15) is 6.54 Å². The van der Waals surface area contributed by atoms with Crippen molar-refractivity contribution in [3.63, 3.8) is 0 Å². The van der Waals surface area contributed by atoms with Gasteiger partial charge in [-0.1, -0.05) is 29.8 Å². The van der Waals surface area contributed by atoms with Crippen LogP contribution in [0.1, 0.15) is 5.56 Å². The summed E-state index contributed by atoms with van der Waals surface area (Å²) in [7, 11) is -3.69. The van der Waals surface area contributed by atoms with Crippen molar-refractivity contribution in [1.29, 1.82) is 0 Å². The number of hydrogen-bond acceptors (Lipinski definition) is 5. The molecule has 0 aliphatic carbocycles. The summed E-state index contributed by atoms with van der Waals surface area (Å²) in [6, 6.07) is 9.87. The largest absolute Gasteiger partial charge is 0.271 e. The summed E-state index contributed by atoms with van der Waals surface area (Å²) < 4.78 is 24.8. The van der Waals surface area contributed by atoms with Crippen LogP contribution in [0.25, 0.3) is 0 Å². The van der Waals surface area contributed by atoms with Crippen LogP contribution in [-0.4, -0.2) is 38.3 Å². The van der Waals surface area contributed by atoms with E-state index in [0.717, 1.165) is 10.6 Å². The average Bonchev–Trinajstić information content (AvgIpc) is 2.53. The van der Waals surface area contributed by atoms with E-state index < -0.39 is 22.5 Å². The number of para-hydroxylation sites is 1. The summed E-state index contributed by atoms with van der Waals surface area (Å²) in [6.45, 7) is -0.438. The third-order valence-electron chi connectivity index (χ3n) is 2.90. The molecule has 9 heteroatoms. The molecular formula is C15H15ClN4O3S. The first kappa shape index (κ1) is 17.9. The van der Waals surface area contributed by atoms with Gasteiger partial charge in [0.2, 0.25) is 10.0 Å². The number of nitrogens with zero attached hydrogens (tertiary/aromatic N) is 3.